The predicted octanol–water partition coefficient (Wildman–Crippen LogP) is 2.59. The molecule has 0 bridgehead atoms. The summed E-state index contributed by atoms with van der Waals surface area (Å²) in [5.74, 6) is 0.173. The van der Waals surface area contributed by atoms with Crippen molar-refractivity contribution in [1.29, 1.82) is 0 Å². The molecule has 0 aliphatic carbocycles. The second kappa shape index (κ2) is 8.47. The van der Waals surface area contributed by atoms with E-state index in [-0.39, 0.29) is 28.7 Å². The topological polar surface area (TPSA) is 80.3 Å². The minimum atomic E-state index is -0.369. The largest absolute Gasteiger partial charge is 0.496 e. The Kier molecular flexibility index (Phi) is 6.33. The van der Waals surface area contributed by atoms with Crippen molar-refractivity contribution < 1.29 is 14.3 Å². The fourth-order valence-corrected chi connectivity index (χ4v) is 2.40. The first-order chi connectivity index (χ1) is 12.3. The molecule has 0 saturated heterocycles. The number of nitrogens with zero attached hydrogens (tertiary/aromatic N) is 1. The lowest BCUT2D eigenvalue weighted by Crippen LogP contribution is -2.41. The van der Waals surface area contributed by atoms with E-state index < -0.39 is 0 Å². The van der Waals surface area contributed by atoms with Gasteiger partial charge < -0.3 is 15.4 Å². The van der Waals surface area contributed by atoms with Crippen molar-refractivity contribution in [3.05, 3.63) is 59.4 Å². The van der Waals surface area contributed by atoms with E-state index in [1.54, 1.807) is 25.3 Å². The van der Waals surface area contributed by atoms with Crippen molar-refractivity contribution in [2.45, 2.75) is 32.7 Å². The van der Waals surface area contributed by atoms with Gasteiger partial charge in [0.2, 0.25) is 0 Å². The summed E-state index contributed by atoms with van der Waals surface area (Å²) in [6, 6.07) is 12.5. The number of rotatable bonds is 6. The van der Waals surface area contributed by atoms with E-state index in [9.17, 15) is 9.59 Å². The lowest BCUT2D eigenvalue weighted by Gasteiger charge is -2.20. The Labute approximate surface area is 154 Å². The first-order valence-electron chi connectivity index (χ1n) is 8.50. The second-order valence-electron chi connectivity index (χ2n) is 6.93. The number of amides is 2. The van der Waals surface area contributed by atoms with E-state index in [2.05, 4.69) is 15.6 Å². The zero-order valence-electron chi connectivity index (χ0n) is 15.6. The third kappa shape index (κ3) is 5.58. The monoisotopic (exact) mass is 355 g/mol. The van der Waals surface area contributed by atoms with Crippen LogP contribution in [0.3, 0.4) is 0 Å². The Morgan fingerprint density at radius 2 is 1.65 bits per heavy atom. The maximum atomic E-state index is 12.3. The van der Waals surface area contributed by atoms with E-state index >= 15 is 0 Å². The van der Waals surface area contributed by atoms with Crippen molar-refractivity contribution in [2.24, 2.45) is 0 Å². The molecular formula is C20H25N3O3. The number of para-hydroxylation sites is 1. The van der Waals surface area contributed by atoms with Gasteiger partial charge in [0, 0.05) is 12.1 Å². The quantitative estimate of drug-likeness (QED) is 0.835. The molecule has 138 valence electrons. The fraction of sp³-hybridized carbons (Fsp3) is 0.350. The Balaban J connectivity index is 1.97. The van der Waals surface area contributed by atoms with Crippen LogP contribution in [0.4, 0.5) is 0 Å². The molecule has 1 heterocycles. The third-order valence-electron chi connectivity index (χ3n) is 3.58. The molecule has 26 heavy (non-hydrogen) atoms. The lowest BCUT2D eigenvalue weighted by atomic mass is 10.1. The molecular weight excluding hydrogens is 330 g/mol. The highest BCUT2D eigenvalue weighted by Crippen LogP contribution is 2.17. The molecule has 6 heteroatoms. The van der Waals surface area contributed by atoms with Crippen LogP contribution < -0.4 is 15.4 Å². The number of pyridine rings is 1. The molecule has 0 atom stereocenters. The minimum absolute atomic E-state index is 0.214. The van der Waals surface area contributed by atoms with Gasteiger partial charge in [0.1, 0.15) is 17.1 Å². The number of benzene rings is 1. The van der Waals surface area contributed by atoms with Gasteiger partial charge in [-0.3, -0.25) is 9.59 Å². The standard InChI is InChI=1S/C20H25N3O3/c1-20(2,3)23-19(25)16-10-7-9-15(22-16)18(24)21-13-12-14-8-5-6-11-17(14)26-4/h5-11H,12-13H2,1-4H3,(H,21,24)(H,23,25). The third-order valence-corrected chi connectivity index (χ3v) is 3.58. The molecule has 0 fully saturated rings. The molecule has 0 aliphatic rings. The SMILES string of the molecule is COc1ccccc1CCNC(=O)c1cccc(C(=O)NC(C)(C)C)n1. The Bertz CT molecular complexity index is 782. The van der Waals surface area contributed by atoms with Gasteiger partial charge in [-0.15, -0.1) is 0 Å². The van der Waals surface area contributed by atoms with Crippen LogP contribution in [0.15, 0.2) is 42.5 Å². The minimum Gasteiger partial charge on any atom is -0.496 e. The summed E-state index contributed by atoms with van der Waals surface area (Å²) in [4.78, 5) is 28.7. The van der Waals surface area contributed by atoms with E-state index in [0.717, 1.165) is 11.3 Å². The fourth-order valence-electron chi connectivity index (χ4n) is 2.40. The molecule has 0 aliphatic heterocycles. The Morgan fingerprint density at radius 1 is 1.00 bits per heavy atom. The van der Waals surface area contributed by atoms with Gasteiger partial charge in [0.05, 0.1) is 7.11 Å². The number of ether oxygens (including phenoxy) is 1. The van der Waals surface area contributed by atoms with Crippen LogP contribution in [0.25, 0.3) is 0 Å². The summed E-state index contributed by atoms with van der Waals surface area (Å²) >= 11 is 0. The van der Waals surface area contributed by atoms with Crippen LogP contribution in [-0.4, -0.2) is 36.0 Å². The van der Waals surface area contributed by atoms with Gasteiger partial charge in [0.25, 0.3) is 11.8 Å². The van der Waals surface area contributed by atoms with Gasteiger partial charge in [0.15, 0.2) is 0 Å². The van der Waals surface area contributed by atoms with Crippen molar-refractivity contribution >= 4 is 11.8 Å². The number of nitrogens with one attached hydrogen (secondary N) is 2. The average molecular weight is 355 g/mol. The van der Waals surface area contributed by atoms with Crippen LogP contribution >= 0.6 is 0 Å². The first kappa shape index (κ1) is 19.4. The zero-order valence-corrected chi connectivity index (χ0v) is 15.6. The van der Waals surface area contributed by atoms with Crippen LogP contribution in [0.5, 0.6) is 5.75 Å². The summed E-state index contributed by atoms with van der Waals surface area (Å²) in [6.07, 6.45) is 0.639. The molecule has 0 unspecified atom stereocenters. The summed E-state index contributed by atoms with van der Waals surface area (Å²) in [6.45, 7) is 6.11. The molecule has 0 radical (unpaired) electrons. The summed E-state index contributed by atoms with van der Waals surface area (Å²) < 4.78 is 5.30. The second-order valence-corrected chi connectivity index (χ2v) is 6.93. The number of hydrogen-bond acceptors (Lipinski definition) is 4. The highest BCUT2D eigenvalue weighted by atomic mass is 16.5. The van der Waals surface area contributed by atoms with Gasteiger partial charge in [-0.25, -0.2) is 4.98 Å². The van der Waals surface area contributed by atoms with Crippen LogP contribution in [0.1, 0.15) is 47.3 Å². The van der Waals surface area contributed by atoms with E-state index in [1.807, 2.05) is 45.0 Å². The Hall–Kier alpha value is -2.89. The zero-order chi connectivity index (χ0) is 19.2. The molecule has 0 spiro atoms. The van der Waals surface area contributed by atoms with Crippen molar-refractivity contribution in [3.63, 3.8) is 0 Å². The molecule has 2 amide bonds. The van der Waals surface area contributed by atoms with Gasteiger partial charge in [-0.1, -0.05) is 24.3 Å². The van der Waals surface area contributed by atoms with Gasteiger partial charge in [-0.05, 0) is 51.0 Å². The van der Waals surface area contributed by atoms with Crippen molar-refractivity contribution in [3.8, 4) is 5.75 Å². The molecule has 1 aromatic heterocycles. The molecule has 2 aromatic rings. The summed E-state index contributed by atoms with van der Waals surface area (Å²) in [5, 5.41) is 5.66. The van der Waals surface area contributed by atoms with Crippen molar-refractivity contribution in [2.75, 3.05) is 13.7 Å². The maximum Gasteiger partial charge on any atom is 0.270 e. The predicted molar refractivity (Wildman–Crippen MR) is 100 cm³/mol. The van der Waals surface area contributed by atoms with Crippen LogP contribution in [0, 0.1) is 0 Å². The molecule has 6 nitrogen and oxygen atoms in total. The number of methoxy groups -OCH3 is 1. The molecule has 2 N–H and O–H groups in total. The molecule has 1 aromatic carbocycles. The van der Waals surface area contributed by atoms with Crippen LogP contribution in [0.2, 0.25) is 0 Å². The van der Waals surface area contributed by atoms with E-state index in [0.29, 0.717) is 13.0 Å². The van der Waals surface area contributed by atoms with Gasteiger partial charge in [-0.2, -0.15) is 0 Å². The number of hydrogen-bond donors (Lipinski definition) is 2. The van der Waals surface area contributed by atoms with E-state index in [4.69, 9.17) is 4.74 Å². The lowest BCUT2D eigenvalue weighted by molar-refractivity contribution is 0.0914. The molecule has 2 rings (SSSR count). The van der Waals surface area contributed by atoms with Gasteiger partial charge >= 0.3 is 0 Å². The molecule has 0 saturated carbocycles. The highest BCUT2D eigenvalue weighted by molar-refractivity contribution is 5.96. The van der Waals surface area contributed by atoms with Crippen molar-refractivity contribution in [1.82, 2.24) is 15.6 Å². The van der Waals surface area contributed by atoms with E-state index in [1.165, 1.54) is 0 Å². The number of carbonyl (C=O) groups excluding carboxylic acids is 2. The maximum absolute atomic E-state index is 12.3. The normalized spacial score (nSPS) is 10.9. The number of carbonyl (C=O) groups is 2. The highest BCUT2D eigenvalue weighted by Gasteiger charge is 2.17. The summed E-state index contributed by atoms with van der Waals surface area (Å²) in [7, 11) is 1.62. The Morgan fingerprint density at radius 3 is 2.31 bits per heavy atom. The number of aromatic nitrogens is 1. The first-order valence-corrected chi connectivity index (χ1v) is 8.50. The smallest absolute Gasteiger partial charge is 0.270 e. The van der Waals surface area contributed by atoms with Crippen LogP contribution in [-0.2, 0) is 6.42 Å². The average Bonchev–Trinajstić information content (AvgIpc) is 2.60. The summed E-state index contributed by atoms with van der Waals surface area (Å²) in [5.41, 5.74) is 1.08.